The molecule has 162 valence electrons. The number of aliphatic carboxylic acids is 1. The molecule has 0 spiro atoms. The molecule has 31 heavy (non-hydrogen) atoms. The average Bonchev–Trinajstić information content (AvgIpc) is 2.68. The molecule has 2 aromatic rings. The highest BCUT2D eigenvalue weighted by Gasteiger charge is 2.31. The number of amides is 1. The minimum Gasteiger partial charge on any atom is -0.481 e. The van der Waals surface area contributed by atoms with E-state index in [4.69, 9.17) is 5.11 Å². The Morgan fingerprint density at radius 2 is 1.74 bits per heavy atom. The van der Waals surface area contributed by atoms with Crippen LogP contribution in [0.25, 0.3) is 0 Å². The van der Waals surface area contributed by atoms with Gasteiger partial charge in [-0.2, -0.15) is 13.2 Å². The van der Waals surface area contributed by atoms with Crippen molar-refractivity contribution in [3.63, 3.8) is 0 Å². The summed E-state index contributed by atoms with van der Waals surface area (Å²) in [4.78, 5) is 35.4. The zero-order chi connectivity index (χ0) is 23.2. The van der Waals surface area contributed by atoms with Crippen molar-refractivity contribution >= 4 is 23.3 Å². The molecule has 1 atom stereocenters. The molecule has 2 rings (SSSR count). The Bertz CT molecular complexity index is 1050. The SMILES string of the molecule is CC#C[C@@H](CC(=O)O)c1ccc(NC(=O)C(=O)Cc2cc(C(F)(F)F)ccc2C)cc1. The summed E-state index contributed by atoms with van der Waals surface area (Å²) in [7, 11) is 0. The van der Waals surface area contributed by atoms with Crippen LogP contribution in [-0.2, 0) is 27.0 Å². The predicted molar refractivity (Wildman–Crippen MR) is 108 cm³/mol. The third kappa shape index (κ3) is 6.71. The molecule has 2 N–H and O–H groups in total. The zero-order valence-corrected chi connectivity index (χ0v) is 16.8. The highest BCUT2D eigenvalue weighted by molar-refractivity contribution is 6.41. The Morgan fingerprint density at radius 1 is 1.10 bits per heavy atom. The Kier molecular flexibility index (Phi) is 7.59. The summed E-state index contributed by atoms with van der Waals surface area (Å²) >= 11 is 0. The molecule has 0 aliphatic rings. The number of aryl methyl sites for hydroxylation is 1. The number of benzene rings is 2. The maximum atomic E-state index is 12.9. The molecule has 8 heteroatoms. The van der Waals surface area contributed by atoms with Crippen LogP contribution in [0, 0.1) is 18.8 Å². The molecule has 0 fully saturated rings. The van der Waals surface area contributed by atoms with E-state index >= 15 is 0 Å². The second-order valence-electron chi connectivity index (χ2n) is 6.86. The van der Waals surface area contributed by atoms with Gasteiger partial charge in [0.15, 0.2) is 0 Å². The lowest BCUT2D eigenvalue weighted by atomic mass is 9.96. The van der Waals surface area contributed by atoms with Gasteiger partial charge in [0.05, 0.1) is 17.9 Å². The predicted octanol–water partition coefficient (Wildman–Crippen LogP) is 4.35. The van der Waals surface area contributed by atoms with E-state index in [0.29, 0.717) is 16.8 Å². The number of hydrogen-bond donors (Lipinski definition) is 2. The van der Waals surface area contributed by atoms with Gasteiger partial charge in [0.1, 0.15) is 0 Å². The number of Topliss-reactive ketones (excluding diaryl/α,β-unsaturated/α-hetero) is 1. The summed E-state index contributed by atoms with van der Waals surface area (Å²) < 4.78 is 38.7. The molecule has 0 saturated heterocycles. The Labute approximate surface area is 177 Å². The van der Waals surface area contributed by atoms with Gasteiger partial charge in [0, 0.05) is 12.1 Å². The maximum absolute atomic E-state index is 12.9. The highest BCUT2D eigenvalue weighted by atomic mass is 19.4. The van der Waals surface area contributed by atoms with Crippen LogP contribution < -0.4 is 5.32 Å². The van der Waals surface area contributed by atoms with Gasteiger partial charge in [-0.05, 0) is 54.8 Å². The summed E-state index contributed by atoms with van der Waals surface area (Å²) in [6, 6.07) is 9.24. The lowest BCUT2D eigenvalue weighted by Crippen LogP contribution is -2.25. The maximum Gasteiger partial charge on any atom is 0.416 e. The number of carbonyl (C=O) groups excluding carboxylic acids is 2. The number of nitrogens with one attached hydrogen (secondary N) is 1. The minimum atomic E-state index is -4.55. The lowest BCUT2D eigenvalue weighted by molar-refractivity contribution is -0.138. The van der Waals surface area contributed by atoms with Crippen LogP contribution in [0.3, 0.4) is 0 Å². The number of rotatable bonds is 7. The second kappa shape index (κ2) is 9.94. The van der Waals surface area contributed by atoms with Gasteiger partial charge in [-0.3, -0.25) is 14.4 Å². The lowest BCUT2D eigenvalue weighted by Gasteiger charge is -2.12. The fourth-order valence-electron chi connectivity index (χ4n) is 2.89. The van der Waals surface area contributed by atoms with Gasteiger partial charge in [-0.25, -0.2) is 0 Å². The molecule has 0 unspecified atom stereocenters. The van der Waals surface area contributed by atoms with Crippen molar-refractivity contribution in [2.24, 2.45) is 0 Å². The number of carboxylic acids is 1. The third-order valence-corrected chi connectivity index (χ3v) is 4.55. The molecule has 2 aromatic carbocycles. The van der Waals surface area contributed by atoms with Crippen LogP contribution >= 0.6 is 0 Å². The van der Waals surface area contributed by atoms with Gasteiger partial charge < -0.3 is 10.4 Å². The third-order valence-electron chi connectivity index (χ3n) is 4.55. The van der Waals surface area contributed by atoms with Crippen LogP contribution in [0.5, 0.6) is 0 Å². The largest absolute Gasteiger partial charge is 0.481 e. The molecule has 5 nitrogen and oxygen atoms in total. The van der Waals surface area contributed by atoms with E-state index in [9.17, 15) is 27.6 Å². The van der Waals surface area contributed by atoms with Crippen molar-refractivity contribution in [2.45, 2.75) is 38.8 Å². The fourth-order valence-corrected chi connectivity index (χ4v) is 2.89. The molecule has 0 aromatic heterocycles. The zero-order valence-electron chi connectivity index (χ0n) is 16.8. The van der Waals surface area contributed by atoms with Crippen LogP contribution in [0.1, 0.15) is 41.5 Å². The fraction of sp³-hybridized carbons (Fsp3) is 0.261. The highest BCUT2D eigenvalue weighted by Crippen LogP contribution is 2.30. The number of hydrogen-bond acceptors (Lipinski definition) is 3. The molecule has 0 aliphatic carbocycles. The summed E-state index contributed by atoms with van der Waals surface area (Å²) in [5.41, 5.74) is 0.644. The van der Waals surface area contributed by atoms with Gasteiger partial charge in [0.25, 0.3) is 5.91 Å². The van der Waals surface area contributed by atoms with Gasteiger partial charge in [-0.1, -0.05) is 24.1 Å². The number of alkyl halides is 3. The summed E-state index contributed by atoms with van der Waals surface area (Å²) in [6.45, 7) is 3.16. The van der Waals surface area contributed by atoms with E-state index < -0.39 is 41.7 Å². The molecule has 1 amide bonds. The monoisotopic (exact) mass is 431 g/mol. The van der Waals surface area contributed by atoms with Crippen molar-refractivity contribution in [3.05, 3.63) is 64.7 Å². The van der Waals surface area contributed by atoms with Crippen LogP contribution in [0.15, 0.2) is 42.5 Å². The van der Waals surface area contributed by atoms with E-state index in [1.54, 1.807) is 26.0 Å². The molecule has 0 heterocycles. The average molecular weight is 431 g/mol. The molecular formula is C23H20F3NO4. The van der Waals surface area contributed by atoms with Crippen molar-refractivity contribution in [3.8, 4) is 11.8 Å². The smallest absolute Gasteiger partial charge is 0.416 e. The first-order chi connectivity index (χ1) is 14.5. The second-order valence-corrected chi connectivity index (χ2v) is 6.86. The van der Waals surface area contributed by atoms with Crippen molar-refractivity contribution < 1.29 is 32.7 Å². The molecule has 0 radical (unpaired) electrons. The molecule has 0 bridgehead atoms. The van der Waals surface area contributed by atoms with E-state index in [1.165, 1.54) is 18.2 Å². The first-order valence-electron chi connectivity index (χ1n) is 9.26. The molecule has 0 aliphatic heterocycles. The van der Waals surface area contributed by atoms with Gasteiger partial charge in [0.2, 0.25) is 5.78 Å². The van der Waals surface area contributed by atoms with Crippen LogP contribution in [0.4, 0.5) is 18.9 Å². The standard InChI is InChI=1S/C23H20F3NO4/c1-3-4-16(13-21(29)30)15-6-9-19(10-7-15)27-22(31)20(28)12-17-11-18(23(24,25)26)8-5-14(17)2/h5-11,16H,12-13H2,1-2H3,(H,27,31)(H,29,30)/t16-/m0/s1. The van der Waals surface area contributed by atoms with E-state index in [0.717, 1.165) is 12.1 Å². The van der Waals surface area contributed by atoms with E-state index in [2.05, 4.69) is 17.2 Å². The van der Waals surface area contributed by atoms with E-state index in [-0.39, 0.29) is 12.0 Å². The first kappa shape index (κ1) is 23.7. The van der Waals surface area contributed by atoms with Gasteiger partial charge in [-0.15, -0.1) is 5.92 Å². The van der Waals surface area contributed by atoms with Crippen LogP contribution in [0.2, 0.25) is 0 Å². The summed E-state index contributed by atoms with van der Waals surface area (Å²) in [5, 5.41) is 11.4. The first-order valence-corrected chi connectivity index (χ1v) is 9.26. The topological polar surface area (TPSA) is 83.5 Å². The molecular weight excluding hydrogens is 411 g/mol. The number of carbonyl (C=O) groups is 3. The number of anilines is 1. The van der Waals surface area contributed by atoms with Crippen LogP contribution in [-0.4, -0.2) is 22.8 Å². The van der Waals surface area contributed by atoms with Gasteiger partial charge >= 0.3 is 12.1 Å². The van der Waals surface area contributed by atoms with Crippen molar-refractivity contribution in [1.82, 2.24) is 0 Å². The number of halogens is 3. The summed E-state index contributed by atoms with van der Waals surface area (Å²) in [5.74, 6) is 2.12. The Balaban J connectivity index is 2.09. The van der Waals surface area contributed by atoms with Crippen molar-refractivity contribution in [1.29, 1.82) is 0 Å². The normalized spacial score (nSPS) is 11.8. The number of ketones is 1. The molecule has 0 saturated carbocycles. The number of carboxylic acid groups (broad SMARTS) is 1. The minimum absolute atomic E-state index is 0.125. The van der Waals surface area contributed by atoms with E-state index in [1.807, 2.05) is 0 Å². The quantitative estimate of drug-likeness (QED) is 0.505. The Morgan fingerprint density at radius 3 is 2.29 bits per heavy atom. The summed E-state index contributed by atoms with van der Waals surface area (Å²) in [6.07, 6.45) is -5.19. The van der Waals surface area contributed by atoms with Crippen molar-refractivity contribution in [2.75, 3.05) is 5.32 Å². The Hall–Kier alpha value is -3.60.